The Morgan fingerprint density at radius 3 is 2.24 bits per heavy atom. The minimum Gasteiger partial charge on any atom is -0.399 e. The second kappa shape index (κ2) is 5.97. The first-order valence-electron chi connectivity index (χ1n) is 7.50. The van der Waals surface area contributed by atoms with Crippen molar-refractivity contribution < 1.29 is 8.42 Å². The molecule has 0 atom stereocenters. The zero-order chi connectivity index (χ0) is 15.7. The molecular weight excluding hydrogens is 284 g/mol. The van der Waals surface area contributed by atoms with Crippen molar-refractivity contribution in [2.24, 2.45) is 0 Å². The summed E-state index contributed by atoms with van der Waals surface area (Å²) in [6.07, 6.45) is 2.34. The van der Waals surface area contributed by atoms with Gasteiger partial charge in [-0.25, -0.2) is 8.42 Å². The zero-order valence-corrected chi connectivity index (χ0v) is 14.0. The van der Waals surface area contributed by atoms with Crippen LogP contribution in [0.3, 0.4) is 0 Å². The number of hydrogen-bond donors (Lipinski definition) is 1. The average molecular weight is 310 g/mol. The number of nitrogen functional groups attached to an aromatic ring is 1. The number of nitrogens with zero attached hydrogens (tertiary/aromatic N) is 1. The summed E-state index contributed by atoms with van der Waals surface area (Å²) < 4.78 is 23.8. The van der Waals surface area contributed by atoms with Crippen LogP contribution in [0.15, 0.2) is 24.3 Å². The summed E-state index contributed by atoms with van der Waals surface area (Å²) in [5.41, 5.74) is 7.64. The van der Waals surface area contributed by atoms with E-state index in [1.165, 1.54) is 18.4 Å². The van der Waals surface area contributed by atoms with Crippen LogP contribution in [0.1, 0.15) is 39.2 Å². The van der Waals surface area contributed by atoms with Crippen LogP contribution in [0.5, 0.6) is 0 Å². The lowest BCUT2D eigenvalue weighted by molar-refractivity contribution is 0.269. The number of sulfone groups is 1. The fourth-order valence-corrected chi connectivity index (χ4v) is 3.32. The lowest BCUT2D eigenvalue weighted by Crippen LogP contribution is -2.37. The van der Waals surface area contributed by atoms with Gasteiger partial charge in [-0.3, -0.25) is 4.90 Å². The monoisotopic (exact) mass is 310 g/mol. The maximum absolute atomic E-state index is 12.3. The number of anilines is 1. The van der Waals surface area contributed by atoms with Crippen LogP contribution < -0.4 is 5.73 Å². The molecular formula is C16H26N2O2S. The Balaban J connectivity index is 1.99. The summed E-state index contributed by atoms with van der Waals surface area (Å²) in [7, 11) is -3.06. The Morgan fingerprint density at radius 1 is 1.19 bits per heavy atom. The molecule has 1 aromatic rings. The van der Waals surface area contributed by atoms with Crippen molar-refractivity contribution in [1.82, 2.24) is 4.90 Å². The molecule has 0 unspecified atom stereocenters. The standard InChI is InChI=1S/C16H26N2O2S/c1-16(2,3)21(19,20)11-10-18(15-8-9-15)12-13-4-6-14(17)7-5-13/h4-7,15H,8-12,17H2,1-3H3. The molecule has 0 radical (unpaired) electrons. The van der Waals surface area contributed by atoms with E-state index in [0.29, 0.717) is 12.6 Å². The molecule has 0 aromatic heterocycles. The summed E-state index contributed by atoms with van der Waals surface area (Å²) in [5, 5.41) is 0. The molecule has 0 spiro atoms. The lowest BCUT2D eigenvalue weighted by atomic mass is 10.2. The van der Waals surface area contributed by atoms with Gasteiger partial charge in [0.2, 0.25) is 0 Å². The van der Waals surface area contributed by atoms with E-state index in [2.05, 4.69) is 4.90 Å². The van der Waals surface area contributed by atoms with Crippen LogP contribution in [0, 0.1) is 0 Å². The summed E-state index contributed by atoms with van der Waals surface area (Å²) in [6, 6.07) is 8.36. The molecule has 0 bridgehead atoms. The molecule has 0 heterocycles. The normalized spacial score (nSPS) is 16.4. The Labute approximate surface area is 128 Å². The smallest absolute Gasteiger partial charge is 0.156 e. The molecule has 2 rings (SSSR count). The Bertz CT molecular complexity index is 569. The van der Waals surface area contributed by atoms with Gasteiger partial charge in [-0.2, -0.15) is 0 Å². The number of hydrogen-bond acceptors (Lipinski definition) is 4. The van der Waals surface area contributed by atoms with Crippen molar-refractivity contribution in [3.63, 3.8) is 0 Å². The minimum absolute atomic E-state index is 0.224. The fraction of sp³-hybridized carbons (Fsp3) is 0.625. The van der Waals surface area contributed by atoms with E-state index in [1.54, 1.807) is 20.8 Å². The van der Waals surface area contributed by atoms with Crippen molar-refractivity contribution in [3.05, 3.63) is 29.8 Å². The van der Waals surface area contributed by atoms with E-state index >= 15 is 0 Å². The summed E-state index contributed by atoms with van der Waals surface area (Å²) in [6.45, 7) is 6.70. The van der Waals surface area contributed by atoms with Gasteiger partial charge in [-0.15, -0.1) is 0 Å². The summed E-state index contributed by atoms with van der Waals surface area (Å²) >= 11 is 0. The van der Waals surface area contributed by atoms with Crippen LogP contribution in [0.2, 0.25) is 0 Å². The van der Waals surface area contributed by atoms with E-state index in [1.807, 2.05) is 24.3 Å². The highest BCUT2D eigenvalue weighted by Gasteiger charge is 2.33. The molecule has 5 heteroatoms. The molecule has 1 fully saturated rings. The van der Waals surface area contributed by atoms with E-state index in [0.717, 1.165) is 12.2 Å². The fourth-order valence-electron chi connectivity index (χ4n) is 2.23. The first kappa shape index (κ1) is 16.3. The van der Waals surface area contributed by atoms with E-state index in [4.69, 9.17) is 5.73 Å². The van der Waals surface area contributed by atoms with Gasteiger partial charge in [-0.1, -0.05) is 12.1 Å². The van der Waals surface area contributed by atoms with E-state index < -0.39 is 14.6 Å². The SMILES string of the molecule is CC(C)(C)S(=O)(=O)CCN(Cc1ccc(N)cc1)C1CC1. The van der Waals surface area contributed by atoms with E-state index in [9.17, 15) is 8.42 Å². The highest BCUT2D eigenvalue weighted by Crippen LogP contribution is 2.29. The van der Waals surface area contributed by atoms with Gasteiger partial charge in [0.1, 0.15) is 0 Å². The number of rotatable bonds is 6. The van der Waals surface area contributed by atoms with Crippen molar-refractivity contribution in [2.75, 3.05) is 18.0 Å². The van der Waals surface area contributed by atoms with Crippen LogP contribution >= 0.6 is 0 Å². The van der Waals surface area contributed by atoms with Gasteiger partial charge < -0.3 is 5.73 Å². The average Bonchev–Trinajstić information content (AvgIpc) is 3.19. The number of benzene rings is 1. The molecule has 118 valence electrons. The van der Waals surface area contributed by atoms with Crippen LogP contribution in [0.4, 0.5) is 5.69 Å². The maximum Gasteiger partial charge on any atom is 0.156 e. The molecule has 1 aromatic carbocycles. The second-order valence-electron chi connectivity index (χ2n) is 6.87. The Hall–Kier alpha value is -1.07. The van der Waals surface area contributed by atoms with Gasteiger partial charge >= 0.3 is 0 Å². The highest BCUT2D eigenvalue weighted by molar-refractivity contribution is 7.92. The van der Waals surface area contributed by atoms with E-state index in [-0.39, 0.29) is 5.75 Å². The molecule has 1 saturated carbocycles. The quantitative estimate of drug-likeness (QED) is 0.820. The van der Waals surface area contributed by atoms with Crippen molar-refractivity contribution in [2.45, 2.75) is 50.9 Å². The second-order valence-corrected chi connectivity index (χ2v) is 9.74. The largest absolute Gasteiger partial charge is 0.399 e. The summed E-state index contributed by atoms with van der Waals surface area (Å²) in [4.78, 5) is 2.29. The zero-order valence-electron chi connectivity index (χ0n) is 13.2. The first-order chi connectivity index (χ1) is 9.69. The molecule has 2 N–H and O–H groups in total. The van der Waals surface area contributed by atoms with Gasteiger partial charge in [0.25, 0.3) is 0 Å². The van der Waals surface area contributed by atoms with Crippen molar-refractivity contribution in [1.29, 1.82) is 0 Å². The third-order valence-corrected chi connectivity index (χ3v) is 6.59. The third-order valence-electron chi connectivity index (χ3n) is 4.01. The lowest BCUT2D eigenvalue weighted by Gasteiger charge is -2.25. The highest BCUT2D eigenvalue weighted by atomic mass is 32.2. The molecule has 0 aliphatic heterocycles. The third kappa shape index (κ3) is 4.45. The first-order valence-corrected chi connectivity index (χ1v) is 9.15. The predicted octanol–water partition coefficient (Wildman–Crippen LogP) is 2.45. The molecule has 4 nitrogen and oxygen atoms in total. The Kier molecular flexibility index (Phi) is 4.63. The molecule has 0 amide bonds. The molecule has 1 aliphatic carbocycles. The predicted molar refractivity (Wildman–Crippen MR) is 87.8 cm³/mol. The van der Waals surface area contributed by atoms with Gasteiger partial charge in [0, 0.05) is 24.8 Å². The molecule has 0 saturated heterocycles. The van der Waals surface area contributed by atoms with Gasteiger partial charge in [-0.05, 0) is 51.3 Å². The van der Waals surface area contributed by atoms with Gasteiger partial charge in [0.05, 0.1) is 10.5 Å². The Morgan fingerprint density at radius 2 is 1.76 bits per heavy atom. The van der Waals surface area contributed by atoms with Crippen LogP contribution in [0.25, 0.3) is 0 Å². The maximum atomic E-state index is 12.3. The molecule has 1 aliphatic rings. The van der Waals surface area contributed by atoms with Crippen LogP contribution in [-0.2, 0) is 16.4 Å². The topological polar surface area (TPSA) is 63.4 Å². The summed E-state index contributed by atoms with van der Waals surface area (Å²) in [5.74, 6) is 0.224. The number of nitrogens with two attached hydrogens (primary N) is 1. The van der Waals surface area contributed by atoms with Crippen LogP contribution in [-0.4, -0.2) is 36.4 Å². The molecule has 21 heavy (non-hydrogen) atoms. The minimum atomic E-state index is -3.06. The van der Waals surface area contributed by atoms with Gasteiger partial charge in [0.15, 0.2) is 9.84 Å². The van der Waals surface area contributed by atoms with Crippen molar-refractivity contribution >= 4 is 15.5 Å². The van der Waals surface area contributed by atoms with Crippen molar-refractivity contribution in [3.8, 4) is 0 Å².